The molecule has 184 valence electrons. The molecule has 1 aromatic carbocycles. The number of ether oxygens (including phenoxy) is 2. The van der Waals surface area contributed by atoms with Gasteiger partial charge in [-0.05, 0) is 18.9 Å². The minimum absolute atomic E-state index is 0.143. The fourth-order valence-corrected chi connectivity index (χ4v) is 4.50. The molecular formula is C24H33N5O4S. The normalized spacial score (nSPS) is 11.0. The number of nitrogens with one attached hydrogen (secondary N) is 1. The lowest BCUT2D eigenvalue weighted by Gasteiger charge is -2.10. The zero-order valence-corrected chi connectivity index (χ0v) is 20.9. The molecule has 0 aliphatic carbocycles. The molecule has 2 aromatic heterocycles. The van der Waals surface area contributed by atoms with Crippen LogP contribution in [0.15, 0.2) is 23.3 Å². The molecule has 0 fully saturated rings. The van der Waals surface area contributed by atoms with Crippen molar-refractivity contribution < 1.29 is 14.3 Å². The summed E-state index contributed by atoms with van der Waals surface area (Å²) in [5, 5.41) is 13.0. The first-order chi connectivity index (χ1) is 16.5. The molecule has 0 saturated carbocycles. The van der Waals surface area contributed by atoms with Crippen LogP contribution in [0.25, 0.3) is 10.9 Å². The van der Waals surface area contributed by atoms with E-state index < -0.39 is 0 Å². The molecule has 9 nitrogen and oxygen atoms in total. The van der Waals surface area contributed by atoms with Crippen LogP contribution < -0.4 is 20.3 Å². The van der Waals surface area contributed by atoms with Gasteiger partial charge in [-0.15, -0.1) is 10.2 Å². The molecule has 10 heteroatoms. The lowest BCUT2D eigenvalue weighted by Crippen LogP contribution is -2.22. The Morgan fingerprint density at radius 2 is 1.76 bits per heavy atom. The van der Waals surface area contributed by atoms with Gasteiger partial charge in [0.25, 0.3) is 5.56 Å². The van der Waals surface area contributed by atoms with E-state index in [0.717, 1.165) is 17.8 Å². The standard InChI is InChI=1S/C24H33N5O4S/c1-4-5-6-7-8-9-12-22-27-28-24(34-22)26-21(30)11-10-13-29-16-25-18-15-20(33-3)19(32-2)14-17(18)23(29)31/h14-16H,4-13H2,1-3H3,(H,26,28,30). The number of aryl methyl sites for hydroxylation is 2. The van der Waals surface area contributed by atoms with Crippen molar-refractivity contribution in [3.05, 3.63) is 33.8 Å². The van der Waals surface area contributed by atoms with Gasteiger partial charge in [-0.3, -0.25) is 14.2 Å². The third-order valence-electron chi connectivity index (χ3n) is 5.59. The van der Waals surface area contributed by atoms with Crippen molar-refractivity contribution in [3.8, 4) is 11.5 Å². The molecule has 0 spiro atoms. The summed E-state index contributed by atoms with van der Waals surface area (Å²) in [5.74, 6) is 0.845. The number of hydrogen-bond donors (Lipinski definition) is 1. The largest absolute Gasteiger partial charge is 0.493 e. The molecular weight excluding hydrogens is 454 g/mol. The Hall–Kier alpha value is -3.01. The van der Waals surface area contributed by atoms with E-state index in [4.69, 9.17) is 9.47 Å². The first kappa shape index (κ1) is 25.6. The van der Waals surface area contributed by atoms with Crippen LogP contribution in [-0.2, 0) is 17.8 Å². The smallest absolute Gasteiger partial charge is 0.261 e. The first-order valence-electron chi connectivity index (χ1n) is 11.8. The van der Waals surface area contributed by atoms with Gasteiger partial charge >= 0.3 is 0 Å². The highest BCUT2D eigenvalue weighted by Crippen LogP contribution is 2.29. The summed E-state index contributed by atoms with van der Waals surface area (Å²) < 4.78 is 12.1. The van der Waals surface area contributed by atoms with Crippen LogP contribution in [0.1, 0.15) is 63.3 Å². The molecule has 3 aromatic rings. The molecule has 0 saturated heterocycles. The average molecular weight is 488 g/mol. The maximum atomic E-state index is 12.8. The zero-order valence-electron chi connectivity index (χ0n) is 20.1. The minimum atomic E-state index is -0.185. The average Bonchev–Trinajstić information content (AvgIpc) is 3.29. The summed E-state index contributed by atoms with van der Waals surface area (Å²) >= 11 is 1.43. The van der Waals surface area contributed by atoms with Crippen LogP contribution in [0, 0.1) is 0 Å². The number of aromatic nitrogens is 4. The minimum Gasteiger partial charge on any atom is -0.493 e. The van der Waals surface area contributed by atoms with Gasteiger partial charge in [-0.2, -0.15) is 0 Å². The summed E-state index contributed by atoms with van der Waals surface area (Å²) in [6.07, 6.45) is 10.5. The number of hydrogen-bond acceptors (Lipinski definition) is 8. The van der Waals surface area contributed by atoms with E-state index in [-0.39, 0.29) is 17.9 Å². The quantitative estimate of drug-likeness (QED) is 0.331. The molecule has 0 radical (unpaired) electrons. The monoisotopic (exact) mass is 487 g/mol. The van der Waals surface area contributed by atoms with Crippen LogP contribution in [0.2, 0.25) is 0 Å². The van der Waals surface area contributed by atoms with Crippen LogP contribution in [0.4, 0.5) is 5.13 Å². The zero-order chi connectivity index (χ0) is 24.3. The highest BCUT2D eigenvalue weighted by atomic mass is 32.1. The molecule has 0 bridgehead atoms. The van der Waals surface area contributed by atoms with Crippen LogP contribution >= 0.6 is 11.3 Å². The second-order valence-electron chi connectivity index (χ2n) is 8.14. The fraction of sp³-hybridized carbons (Fsp3) is 0.542. The van der Waals surface area contributed by atoms with Crippen LogP contribution in [0.5, 0.6) is 11.5 Å². The summed E-state index contributed by atoms with van der Waals surface area (Å²) in [7, 11) is 3.06. The summed E-state index contributed by atoms with van der Waals surface area (Å²) in [6.45, 7) is 2.59. The highest BCUT2D eigenvalue weighted by Gasteiger charge is 2.12. The Labute approximate surface area is 203 Å². The number of methoxy groups -OCH3 is 2. The Kier molecular flexibility index (Phi) is 9.81. The van der Waals surface area contributed by atoms with Gasteiger partial charge in [-0.1, -0.05) is 50.4 Å². The van der Waals surface area contributed by atoms with Gasteiger partial charge in [0.05, 0.1) is 31.4 Å². The number of carbonyl (C=O) groups excluding carboxylic acids is 1. The van der Waals surface area contributed by atoms with Crippen molar-refractivity contribution in [1.29, 1.82) is 0 Å². The van der Waals surface area contributed by atoms with Crippen molar-refractivity contribution in [2.45, 2.75) is 71.3 Å². The summed E-state index contributed by atoms with van der Waals surface area (Å²) in [5.41, 5.74) is 0.347. The van der Waals surface area contributed by atoms with Gasteiger partial charge in [0, 0.05) is 25.5 Å². The Morgan fingerprint density at radius 1 is 1.03 bits per heavy atom. The SMILES string of the molecule is CCCCCCCCc1nnc(NC(=O)CCCn2cnc3cc(OC)c(OC)cc3c2=O)s1. The Balaban J connectivity index is 1.47. The van der Waals surface area contributed by atoms with Gasteiger partial charge in [0.15, 0.2) is 11.5 Å². The fourth-order valence-electron chi connectivity index (χ4n) is 3.70. The second-order valence-corrected chi connectivity index (χ2v) is 9.20. The number of nitrogens with zero attached hydrogens (tertiary/aromatic N) is 4. The van der Waals surface area contributed by atoms with E-state index in [0.29, 0.717) is 40.5 Å². The Bertz CT molecular complexity index is 1140. The first-order valence-corrected chi connectivity index (χ1v) is 12.6. The number of fused-ring (bicyclic) bond motifs is 1. The van der Waals surface area contributed by atoms with Crippen LogP contribution in [-0.4, -0.2) is 39.9 Å². The third kappa shape index (κ3) is 6.99. The van der Waals surface area contributed by atoms with E-state index in [1.807, 2.05) is 0 Å². The van der Waals surface area contributed by atoms with Gasteiger partial charge in [0.2, 0.25) is 11.0 Å². The van der Waals surface area contributed by atoms with E-state index in [1.165, 1.54) is 68.6 Å². The van der Waals surface area contributed by atoms with Crippen molar-refractivity contribution in [2.75, 3.05) is 19.5 Å². The van der Waals surface area contributed by atoms with Crippen LogP contribution in [0.3, 0.4) is 0 Å². The predicted octanol–water partition coefficient (Wildman–Crippen LogP) is 4.59. The number of carbonyl (C=O) groups is 1. The topological polar surface area (TPSA) is 108 Å². The number of unbranched alkanes of at least 4 members (excludes halogenated alkanes) is 5. The van der Waals surface area contributed by atoms with E-state index in [2.05, 4.69) is 27.4 Å². The second kappa shape index (κ2) is 13.0. The molecule has 0 aliphatic heterocycles. The van der Waals surface area contributed by atoms with Crippen molar-refractivity contribution >= 4 is 33.3 Å². The number of benzene rings is 1. The van der Waals surface area contributed by atoms with E-state index in [9.17, 15) is 9.59 Å². The van der Waals surface area contributed by atoms with E-state index in [1.54, 1.807) is 12.1 Å². The molecule has 2 heterocycles. The maximum absolute atomic E-state index is 12.8. The third-order valence-corrected chi connectivity index (χ3v) is 6.49. The lowest BCUT2D eigenvalue weighted by atomic mass is 10.1. The van der Waals surface area contributed by atoms with Gasteiger partial charge < -0.3 is 14.8 Å². The highest BCUT2D eigenvalue weighted by molar-refractivity contribution is 7.15. The number of rotatable bonds is 14. The summed E-state index contributed by atoms with van der Waals surface area (Å²) in [4.78, 5) is 29.5. The van der Waals surface area contributed by atoms with E-state index >= 15 is 0 Å². The molecule has 34 heavy (non-hydrogen) atoms. The number of anilines is 1. The molecule has 3 rings (SSSR count). The molecule has 1 N–H and O–H groups in total. The van der Waals surface area contributed by atoms with Gasteiger partial charge in [-0.25, -0.2) is 4.98 Å². The van der Waals surface area contributed by atoms with Crippen molar-refractivity contribution in [1.82, 2.24) is 19.7 Å². The molecule has 0 atom stereocenters. The molecule has 0 unspecified atom stereocenters. The van der Waals surface area contributed by atoms with Gasteiger partial charge in [0.1, 0.15) is 5.01 Å². The van der Waals surface area contributed by atoms with Crippen molar-refractivity contribution in [2.24, 2.45) is 0 Å². The number of amides is 1. The summed E-state index contributed by atoms with van der Waals surface area (Å²) in [6, 6.07) is 3.31. The molecule has 1 amide bonds. The van der Waals surface area contributed by atoms with Crippen molar-refractivity contribution in [3.63, 3.8) is 0 Å². The molecule has 0 aliphatic rings. The lowest BCUT2D eigenvalue weighted by molar-refractivity contribution is -0.116. The predicted molar refractivity (Wildman–Crippen MR) is 134 cm³/mol. The Morgan fingerprint density at radius 3 is 2.53 bits per heavy atom. The maximum Gasteiger partial charge on any atom is 0.261 e.